The van der Waals surface area contributed by atoms with Gasteiger partial charge in [-0.05, 0) is 35.5 Å². The van der Waals surface area contributed by atoms with E-state index in [0.29, 0.717) is 0 Å². The minimum atomic E-state index is 0.803. The van der Waals surface area contributed by atoms with Crippen LogP contribution in [0.1, 0.15) is 0 Å². The van der Waals surface area contributed by atoms with Gasteiger partial charge in [0.1, 0.15) is 0 Å². The molecule has 1 heterocycles. The van der Waals surface area contributed by atoms with Gasteiger partial charge in [0.05, 0.1) is 10.6 Å². The van der Waals surface area contributed by atoms with Crippen LogP contribution in [-0.4, -0.2) is 4.98 Å². The van der Waals surface area contributed by atoms with E-state index >= 15 is 0 Å². The smallest absolute Gasteiger partial charge is 0.159 e. The third-order valence-corrected chi connectivity index (χ3v) is 4.63. The molecule has 3 rings (SSSR count). The standard InChI is InChI=1S/C15H10BrNS2/c16-12-8-6-11(7-9-12)14-13(17-15(18)19-14)10-4-2-1-3-5-10/h1-9H,(H,17,18). The normalized spacial score (nSPS) is 10.6. The van der Waals surface area contributed by atoms with E-state index in [-0.39, 0.29) is 0 Å². The third kappa shape index (κ3) is 2.71. The van der Waals surface area contributed by atoms with Gasteiger partial charge in [-0.25, -0.2) is 0 Å². The number of aromatic amines is 1. The molecule has 0 saturated carbocycles. The molecule has 0 radical (unpaired) electrons. The maximum absolute atomic E-state index is 5.30. The highest BCUT2D eigenvalue weighted by molar-refractivity contribution is 9.10. The van der Waals surface area contributed by atoms with Gasteiger partial charge in [0.2, 0.25) is 0 Å². The first-order valence-corrected chi connectivity index (χ1v) is 7.80. The number of benzene rings is 2. The van der Waals surface area contributed by atoms with Crippen molar-refractivity contribution in [1.82, 2.24) is 4.98 Å². The molecule has 0 amide bonds. The van der Waals surface area contributed by atoms with Gasteiger partial charge in [0.25, 0.3) is 0 Å². The van der Waals surface area contributed by atoms with E-state index in [1.165, 1.54) is 10.4 Å². The summed E-state index contributed by atoms with van der Waals surface area (Å²) in [5.41, 5.74) is 3.44. The molecular formula is C15H10BrNS2. The number of thiazole rings is 1. The number of halogens is 1. The summed E-state index contributed by atoms with van der Waals surface area (Å²) in [4.78, 5) is 4.48. The van der Waals surface area contributed by atoms with Gasteiger partial charge >= 0.3 is 0 Å². The summed E-state index contributed by atoms with van der Waals surface area (Å²) in [6, 6.07) is 18.6. The minimum absolute atomic E-state index is 0.803. The first-order valence-electron chi connectivity index (χ1n) is 5.78. The molecule has 1 N–H and O–H groups in total. The summed E-state index contributed by atoms with van der Waals surface area (Å²) in [5.74, 6) is 0. The predicted octanol–water partition coefficient (Wildman–Crippen LogP) is 5.90. The second-order valence-electron chi connectivity index (χ2n) is 4.09. The van der Waals surface area contributed by atoms with E-state index in [4.69, 9.17) is 12.2 Å². The van der Waals surface area contributed by atoms with Crippen LogP contribution >= 0.6 is 39.5 Å². The van der Waals surface area contributed by atoms with Crippen LogP contribution in [0.5, 0.6) is 0 Å². The number of nitrogens with one attached hydrogen (secondary N) is 1. The maximum atomic E-state index is 5.30. The fourth-order valence-corrected chi connectivity index (χ4v) is 3.42. The summed E-state index contributed by atoms with van der Waals surface area (Å²) in [5, 5.41) is 0. The highest BCUT2D eigenvalue weighted by atomic mass is 79.9. The Labute approximate surface area is 129 Å². The molecule has 1 nitrogen and oxygen atoms in total. The fourth-order valence-electron chi connectivity index (χ4n) is 1.94. The number of H-pyrrole nitrogens is 1. The summed E-state index contributed by atoms with van der Waals surface area (Å²) in [7, 11) is 0. The summed E-state index contributed by atoms with van der Waals surface area (Å²) < 4.78 is 1.88. The Morgan fingerprint density at radius 2 is 1.58 bits per heavy atom. The van der Waals surface area contributed by atoms with E-state index in [0.717, 1.165) is 19.7 Å². The lowest BCUT2D eigenvalue weighted by atomic mass is 10.1. The Bertz CT molecular complexity index is 742. The van der Waals surface area contributed by atoms with E-state index in [1.807, 2.05) is 30.3 Å². The SMILES string of the molecule is S=c1[nH]c(-c2ccccc2)c(-c2ccc(Br)cc2)s1. The van der Waals surface area contributed by atoms with E-state index in [9.17, 15) is 0 Å². The van der Waals surface area contributed by atoms with Gasteiger partial charge in [-0.3, -0.25) is 0 Å². The average Bonchev–Trinajstić information content (AvgIpc) is 2.83. The van der Waals surface area contributed by atoms with Crippen LogP contribution in [0.2, 0.25) is 0 Å². The number of rotatable bonds is 2. The Kier molecular flexibility index (Phi) is 3.64. The van der Waals surface area contributed by atoms with Gasteiger partial charge in [-0.15, -0.1) is 11.3 Å². The molecule has 0 unspecified atom stereocenters. The van der Waals surface area contributed by atoms with Crippen molar-refractivity contribution >= 4 is 39.5 Å². The van der Waals surface area contributed by atoms with Crippen molar-refractivity contribution in [1.29, 1.82) is 0 Å². The summed E-state index contributed by atoms with van der Waals surface area (Å²) >= 11 is 10.4. The van der Waals surface area contributed by atoms with E-state index < -0.39 is 0 Å². The highest BCUT2D eigenvalue weighted by Gasteiger charge is 2.10. The second-order valence-corrected chi connectivity index (χ2v) is 6.69. The minimum Gasteiger partial charge on any atom is -0.336 e. The van der Waals surface area contributed by atoms with Crippen molar-refractivity contribution in [3.63, 3.8) is 0 Å². The summed E-state index contributed by atoms with van der Waals surface area (Å²) in [6.45, 7) is 0. The Morgan fingerprint density at radius 3 is 2.26 bits per heavy atom. The first-order chi connectivity index (χ1) is 9.24. The maximum Gasteiger partial charge on any atom is 0.159 e. The molecule has 0 saturated heterocycles. The number of hydrogen-bond donors (Lipinski definition) is 1. The molecule has 3 aromatic rings. The summed E-state index contributed by atoms with van der Waals surface area (Å²) in [6.07, 6.45) is 0. The van der Waals surface area contributed by atoms with Crippen molar-refractivity contribution in [3.05, 3.63) is 63.0 Å². The second kappa shape index (κ2) is 5.41. The molecule has 0 spiro atoms. The van der Waals surface area contributed by atoms with Crippen LogP contribution < -0.4 is 0 Å². The molecule has 0 fully saturated rings. The molecule has 19 heavy (non-hydrogen) atoms. The fraction of sp³-hybridized carbons (Fsp3) is 0. The number of aromatic nitrogens is 1. The molecule has 0 aliphatic rings. The monoisotopic (exact) mass is 347 g/mol. The zero-order valence-electron chi connectivity index (χ0n) is 9.89. The lowest BCUT2D eigenvalue weighted by Crippen LogP contribution is -1.81. The van der Waals surface area contributed by atoms with E-state index in [1.54, 1.807) is 11.3 Å². The third-order valence-electron chi connectivity index (χ3n) is 2.82. The van der Waals surface area contributed by atoms with Crippen LogP contribution in [0.3, 0.4) is 0 Å². The van der Waals surface area contributed by atoms with Gasteiger partial charge in [0, 0.05) is 4.47 Å². The molecular weight excluding hydrogens is 338 g/mol. The average molecular weight is 348 g/mol. The molecule has 4 heteroatoms. The molecule has 2 aromatic carbocycles. The quantitative estimate of drug-likeness (QED) is 0.570. The number of hydrogen-bond acceptors (Lipinski definition) is 2. The van der Waals surface area contributed by atoms with Gasteiger partial charge < -0.3 is 4.98 Å². The predicted molar refractivity (Wildman–Crippen MR) is 88.1 cm³/mol. The van der Waals surface area contributed by atoms with Crippen molar-refractivity contribution in [2.75, 3.05) is 0 Å². The van der Waals surface area contributed by atoms with Crippen molar-refractivity contribution < 1.29 is 0 Å². The molecule has 0 bridgehead atoms. The Morgan fingerprint density at radius 1 is 0.895 bits per heavy atom. The van der Waals surface area contributed by atoms with E-state index in [2.05, 4.69) is 45.2 Å². The molecule has 1 aromatic heterocycles. The molecule has 94 valence electrons. The van der Waals surface area contributed by atoms with Crippen molar-refractivity contribution in [2.45, 2.75) is 0 Å². The van der Waals surface area contributed by atoms with Gasteiger partial charge in [-0.2, -0.15) is 0 Å². The zero-order valence-corrected chi connectivity index (χ0v) is 13.1. The zero-order chi connectivity index (χ0) is 13.2. The van der Waals surface area contributed by atoms with Crippen molar-refractivity contribution in [3.8, 4) is 21.7 Å². The molecule has 0 atom stereocenters. The van der Waals surface area contributed by atoms with Crippen LogP contribution in [0.4, 0.5) is 0 Å². The van der Waals surface area contributed by atoms with Gasteiger partial charge in [0.15, 0.2) is 3.95 Å². The largest absolute Gasteiger partial charge is 0.336 e. The Hall–Kier alpha value is -1.23. The first kappa shape index (κ1) is 12.8. The lowest BCUT2D eigenvalue weighted by molar-refractivity contribution is 1.39. The molecule has 0 aliphatic heterocycles. The highest BCUT2D eigenvalue weighted by Crippen LogP contribution is 2.35. The lowest BCUT2D eigenvalue weighted by Gasteiger charge is -2.03. The van der Waals surface area contributed by atoms with Crippen LogP contribution in [0.25, 0.3) is 21.7 Å². The molecule has 0 aliphatic carbocycles. The van der Waals surface area contributed by atoms with Gasteiger partial charge in [-0.1, -0.05) is 58.4 Å². The van der Waals surface area contributed by atoms with Crippen molar-refractivity contribution in [2.24, 2.45) is 0 Å². The van der Waals surface area contributed by atoms with Crippen LogP contribution in [-0.2, 0) is 0 Å². The Balaban J connectivity index is 2.17. The van der Waals surface area contributed by atoms with Crippen LogP contribution in [0, 0.1) is 3.95 Å². The topological polar surface area (TPSA) is 15.8 Å². The van der Waals surface area contributed by atoms with Crippen LogP contribution in [0.15, 0.2) is 59.1 Å².